The summed E-state index contributed by atoms with van der Waals surface area (Å²) in [7, 11) is 0. The van der Waals surface area contributed by atoms with Crippen LogP contribution in [-0.2, 0) is 0 Å². The number of halogens is 1. The monoisotopic (exact) mass is 282 g/mol. The summed E-state index contributed by atoms with van der Waals surface area (Å²) in [5.74, 6) is -1.18. The third kappa shape index (κ3) is 2.49. The molecule has 0 spiro atoms. The van der Waals surface area contributed by atoms with Crippen molar-refractivity contribution in [3.05, 3.63) is 39.7 Å². The smallest absolute Gasteiger partial charge is 0.285 e. The molecule has 0 bridgehead atoms. The van der Waals surface area contributed by atoms with Crippen LogP contribution in [0.15, 0.2) is 18.2 Å². The van der Waals surface area contributed by atoms with Gasteiger partial charge in [0.2, 0.25) is 0 Å². The molecule has 1 aromatic carbocycles. The zero-order chi connectivity index (χ0) is 14.9. The van der Waals surface area contributed by atoms with Gasteiger partial charge in [0.05, 0.1) is 23.6 Å². The second kappa shape index (κ2) is 5.54. The molecule has 0 saturated carbocycles. The summed E-state index contributed by atoms with van der Waals surface area (Å²) >= 11 is 0. The molecule has 1 N–H and O–H groups in total. The van der Waals surface area contributed by atoms with Gasteiger partial charge in [-0.1, -0.05) is 6.92 Å². The summed E-state index contributed by atoms with van der Waals surface area (Å²) in [5.41, 5.74) is -0.699. The van der Waals surface area contributed by atoms with Crippen molar-refractivity contribution in [2.45, 2.75) is 19.4 Å². The number of hydrogen-bond donors (Lipinski definition) is 1. The average molecular weight is 282 g/mol. The summed E-state index contributed by atoms with van der Waals surface area (Å²) in [6, 6.07) is 2.52. The van der Waals surface area contributed by atoms with Gasteiger partial charge in [-0.25, -0.2) is 4.39 Å². The molecule has 1 saturated heterocycles. The Balaban J connectivity index is 2.37. The SMILES string of the molecule is CC1CCN(C(=O)c2ccc(F)cc2[N+](=O)[O-])C1CO. The Morgan fingerprint density at radius 3 is 2.90 bits per heavy atom. The van der Waals surface area contributed by atoms with E-state index in [2.05, 4.69) is 0 Å². The minimum absolute atomic E-state index is 0.128. The zero-order valence-electron chi connectivity index (χ0n) is 11.0. The van der Waals surface area contributed by atoms with Gasteiger partial charge in [0.25, 0.3) is 11.6 Å². The van der Waals surface area contributed by atoms with Crippen molar-refractivity contribution in [2.24, 2.45) is 5.92 Å². The van der Waals surface area contributed by atoms with Crippen LogP contribution in [0.2, 0.25) is 0 Å². The Bertz CT molecular complexity index is 549. The van der Waals surface area contributed by atoms with E-state index in [0.29, 0.717) is 6.54 Å². The van der Waals surface area contributed by atoms with Crippen LogP contribution < -0.4 is 0 Å². The molecule has 2 atom stereocenters. The van der Waals surface area contributed by atoms with Gasteiger partial charge in [-0.2, -0.15) is 0 Å². The number of amides is 1. The summed E-state index contributed by atoms with van der Waals surface area (Å²) in [4.78, 5) is 24.0. The number of nitro benzene ring substituents is 1. The van der Waals surface area contributed by atoms with Crippen molar-refractivity contribution in [2.75, 3.05) is 13.2 Å². The molecular formula is C13H15FN2O4. The van der Waals surface area contributed by atoms with E-state index in [1.807, 2.05) is 6.92 Å². The molecule has 6 nitrogen and oxygen atoms in total. The molecule has 7 heteroatoms. The quantitative estimate of drug-likeness (QED) is 0.674. The molecule has 1 aromatic rings. The largest absolute Gasteiger partial charge is 0.394 e. The van der Waals surface area contributed by atoms with Crippen molar-refractivity contribution >= 4 is 11.6 Å². The number of likely N-dealkylation sites (tertiary alicyclic amines) is 1. The fraction of sp³-hybridized carbons (Fsp3) is 0.462. The van der Waals surface area contributed by atoms with Gasteiger partial charge in [-0.3, -0.25) is 14.9 Å². The van der Waals surface area contributed by atoms with Crippen LogP contribution in [0.1, 0.15) is 23.7 Å². The number of benzene rings is 1. The lowest BCUT2D eigenvalue weighted by molar-refractivity contribution is -0.385. The van der Waals surface area contributed by atoms with Gasteiger partial charge in [0.1, 0.15) is 11.4 Å². The van der Waals surface area contributed by atoms with E-state index in [1.165, 1.54) is 4.90 Å². The topological polar surface area (TPSA) is 83.7 Å². The van der Waals surface area contributed by atoms with Crippen LogP contribution in [0, 0.1) is 21.8 Å². The third-order valence-corrected chi connectivity index (χ3v) is 3.72. The fourth-order valence-corrected chi connectivity index (χ4v) is 2.53. The summed E-state index contributed by atoms with van der Waals surface area (Å²) in [6.07, 6.45) is 0.728. The molecule has 0 aliphatic carbocycles. The number of carbonyl (C=O) groups excluding carboxylic acids is 1. The lowest BCUT2D eigenvalue weighted by Gasteiger charge is -2.25. The van der Waals surface area contributed by atoms with Crippen molar-refractivity contribution in [1.29, 1.82) is 0 Å². The molecule has 1 heterocycles. The molecular weight excluding hydrogens is 267 g/mol. The Morgan fingerprint density at radius 2 is 2.30 bits per heavy atom. The molecule has 0 aromatic heterocycles. The Hall–Kier alpha value is -2.02. The second-order valence-corrected chi connectivity index (χ2v) is 4.93. The van der Waals surface area contributed by atoms with Crippen molar-refractivity contribution < 1.29 is 19.2 Å². The van der Waals surface area contributed by atoms with E-state index in [4.69, 9.17) is 0 Å². The van der Waals surface area contributed by atoms with Crippen LogP contribution >= 0.6 is 0 Å². The highest BCUT2D eigenvalue weighted by Crippen LogP contribution is 2.28. The highest BCUT2D eigenvalue weighted by Gasteiger charge is 2.36. The number of nitro groups is 1. The standard InChI is InChI=1S/C13H15FN2O4/c1-8-4-5-15(12(8)7-17)13(18)10-3-2-9(14)6-11(10)16(19)20/h2-3,6,8,12,17H,4-5,7H2,1H3. The second-order valence-electron chi connectivity index (χ2n) is 4.93. The number of nitrogens with zero attached hydrogens (tertiary/aromatic N) is 2. The van der Waals surface area contributed by atoms with Crippen molar-refractivity contribution in [3.8, 4) is 0 Å². The van der Waals surface area contributed by atoms with E-state index < -0.39 is 22.3 Å². The predicted octanol–water partition coefficient (Wildman–Crippen LogP) is 1.58. The van der Waals surface area contributed by atoms with Gasteiger partial charge in [0.15, 0.2) is 0 Å². The summed E-state index contributed by atoms with van der Waals surface area (Å²) in [5, 5.41) is 20.3. The lowest BCUT2D eigenvalue weighted by atomic mass is 10.0. The van der Waals surface area contributed by atoms with Crippen LogP contribution in [0.4, 0.5) is 10.1 Å². The van der Waals surface area contributed by atoms with Gasteiger partial charge in [0, 0.05) is 6.54 Å². The highest BCUT2D eigenvalue weighted by atomic mass is 19.1. The number of hydrogen-bond acceptors (Lipinski definition) is 4. The van der Waals surface area contributed by atoms with E-state index in [9.17, 15) is 24.4 Å². The lowest BCUT2D eigenvalue weighted by Crippen LogP contribution is -2.40. The number of aliphatic hydroxyl groups is 1. The molecule has 1 amide bonds. The Kier molecular flexibility index (Phi) is 3.99. The molecule has 1 aliphatic rings. The fourth-order valence-electron chi connectivity index (χ4n) is 2.53. The number of carbonyl (C=O) groups is 1. The van der Waals surface area contributed by atoms with Gasteiger partial charge in [-0.15, -0.1) is 0 Å². The maximum atomic E-state index is 13.1. The molecule has 2 unspecified atom stereocenters. The number of rotatable bonds is 3. The minimum Gasteiger partial charge on any atom is -0.394 e. The third-order valence-electron chi connectivity index (χ3n) is 3.72. The first kappa shape index (κ1) is 14.4. The average Bonchev–Trinajstić information content (AvgIpc) is 2.78. The van der Waals surface area contributed by atoms with E-state index in [-0.39, 0.29) is 24.1 Å². The summed E-state index contributed by atoms with van der Waals surface area (Å²) < 4.78 is 13.1. The predicted molar refractivity (Wildman–Crippen MR) is 68.7 cm³/mol. The first-order valence-electron chi connectivity index (χ1n) is 6.31. The van der Waals surface area contributed by atoms with E-state index in [1.54, 1.807) is 0 Å². The van der Waals surface area contributed by atoms with Gasteiger partial charge < -0.3 is 10.0 Å². The van der Waals surface area contributed by atoms with Gasteiger partial charge >= 0.3 is 0 Å². The van der Waals surface area contributed by atoms with Gasteiger partial charge in [-0.05, 0) is 24.5 Å². The van der Waals surface area contributed by atoms with E-state index in [0.717, 1.165) is 24.6 Å². The molecule has 20 heavy (non-hydrogen) atoms. The minimum atomic E-state index is -0.774. The molecule has 2 rings (SSSR count). The molecule has 1 fully saturated rings. The number of aliphatic hydroxyl groups excluding tert-OH is 1. The normalized spacial score (nSPS) is 22.1. The van der Waals surface area contributed by atoms with Crippen molar-refractivity contribution in [1.82, 2.24) is 4.90 Å². The Morgan fingerprint density at radius 1 is 1.60 bits per heavy atom. The van der Waals surface area contributed by atoms with E-state index >= 15 is 0 Å². The van der Waals surface area contributed by atoms with Crippen LogP contribution in [-0.4, -0.2) is 40.0 Å². The maximum absolute atomic E-state index is 13.1. The first-order chi connectivity index (χ1) is 9.45. The Labute approximate surface area is 115 Å². The summed E-state index contributed by atoms with van der Waals surface area (Å²) in [6.45, 7) is 2.15. The van der Waals surface area contributed by atoms with Crippen LogP contribution in [0.25, 0.3) is 0 Å². The zero-order valence-corrected chi connectivity index (χ0v) is 11.0. The molecule has 108 valence electrons. The highest BCUT2D eigenvalue weighted by molar-refractivity contribution is 5.98. The molecule has 0 radical (unpaired) electrons. The van der Waals surface area contributed by atoms with Crippen LogP contribution in [0.5, 0.6) is 0 Å². The first-order valence-corrected chi connectivity index (χ1v) is 6.31. The molecule has 1 aliphatic heterocycles. The maximum Gasteiger partial charge on any atom is 0.285 e. The van der Waals surface area contributed by atoms with Crippen LogP contribution in [0.3, 0.4) is 0 Å². The van der Waals surface area contributed by atoms with Crippen molar-refractivity contribution in [3.63, 3.8) is 0 Å².